The van der Waals surface area contributed by atoms with E-state index in [4.69, 9.17) is 0 Å². The standard InChI is InChI=1S/C11H21N3O2/c1-8(2)13-10(15)7-14-6-4-5-9(12-3)11(14)16/h8-9,12H,4-7H2,1-3H3,(H,13,15). The summed E-state index contributed by atoms with van der Waals surface area (Å²) in [4.78, 5) is 25.0. The summed E-state index contributed by atoms with van der Waals surface area (Å²) in [6, 6.07) is -0.00640. The first-order valence-electron chi connectivity index (χ1n) is 5.80. The molecule has 1 rings (SSSR count). The lowest BCUT2D eigenvalue weighted by atomic mass is 10.1. The molecule has 16 heavy (non-hydrogen) atoms. The van der Waals surface area contributed by atoms with Gasteiger partial charge in [0.05, 0.1) is 12.6 Å². The molecule has 2 amide bonds. The van der Waals surface area contributed by atoms with E-state index in [1.54, 1.807) is 11.9 Å². The fourth-order valence-electron chi connectivity index (χ4n) is 1.91. The third-order valence-electron chi connectivity index (χ3n) is 2.66. The van der Waals surface area contributed by atoms with Crippen molar-refractivity contribution >= 4 is 11.8 Å². The molecule has 5 nitrogen and oxygen atoms in total. The normalized spacial score (nSPS) is 21.4. The van der Waals surface area contributed by atoms with E-state index < -0.39 is 0 Å². The molecule has 0 spiro atoms. The molecule has 0 aromatic carbocycles. The van der Waals surface area contributed by atoms with Crippen molar-refractivity contribution in [1.29, 1.82) is 0 Å². The van der Waals surface area contributed by atoms with Crippen LogP contribution in [-0.4, -0.2) is 48.9 Å². The van der Waals surface area contributed by atoms with Crippen LogP contribution < -0.4 is 10.6 Å². The maximum Gasteiger partial charge on any atom is 0.240 e. The van der Waals surface area contributed by atoms with Crippen molar-refractivity contribution in [2.24, 2.45) is 0 Å². The molecule has 0 radical (unpaired) electrons. The van der Waals surface area contributed by atoms with Crippen LogP contribution >= 0.6 is 0 Å². The van der Waals surface area contributed by atoms with Crippen LogP contribution in [0.3, 0.4) is 0 Å². The molecule has 0 aliphatic carbocycles. The summed E-state index contributed by atoms with van der Waals surface area (Å²) in [5.41, 5.74) is 0. The number of piperidine rings is 1. The number of rotatable bonds is 4. The van der Waals surface area contributed by atoms with Crippen LogP contribution in [-0.2, 0) is 9.59 Å². The van der Waals surface area contributed by atoms with Gasteiger partial charge in [-0.15, -0.1) is 0 Å². The van der Waals surface area contributed by atoms with Crippen LogP contribution in [0, 0.1) is 0 Å². The molecule has 0 aromatic heterocycles. The second-order valence-electron chi connectivity index (χ2n) is 4.47. The van der Waals surface area contributed by atoms with E-state index in [2.05, 4.69) is 10.6 Å². The minimum Gasteiger partial charge on any atom is -0.352 e. The highest BCUT2D eigenvalue weighted by atomic mass is 16.2. The topological polar surface area (TPSA) is 61.4 Å². The SMILES string of the molecule is CNC1CCCN(CC(=O)NC(C)C)C1=O. The van der Waals surface area contributed by atoms with Crippen molar-refractivity contribution in [3.05, 3.63) is 0 Å². The van der Waals surface area contributed by atoms with E-state index in [-0.39, 0.29) is 30.4 Å². The minimum atomic E-state index is -0.124. The molecule has 2 N–H and O–H groups in total. The Hall–Kier alpha value is -1.10. The number of likely N-dealkylation sites (tertiary alicyclic amines) is 1. The van der Waals surface area contributed by atoms with Gasteiger partial charge < -0.3 is 15.5 Å². The molecule has 0 bridgehead atoms. The molecule has 1 aliphatic rings. The Morgan fingerprint density at radius 1 is 1.56 bits per heavy atom. The summed E-state index contributed by atoms with van der Waals surface area (Å²) in [5.74, 6) is -0.0484. The van der Waals surface area contributed by atoms with E-state index in [1.165, 1.54) is 0 Å². The number of nitrogens with one attached hydrogen (secondary N) is 2. The van der Waals surface area contributed by atoms with Gasteiger partial charge in [-0.05, 0) is 33.7 Å². The highest BCUT2D eigenvalue weighted by molar-refractivity contribution is 5.88. The van der Waals surface area contributed by atoms with E-state index in [1.807, 2.05) is 13.8 Å². The molecule has 1 heterocycles. The van der Waals surface area contributed by atoms with Crippen LogP contribution in [0.4, 0.5) is 0 Å². The largest absolute Gasteiger partial charge is 0.352 e. The third-order valence-corrected chi connectivity index (χ3v) is 2.66. The first kappa shape index (κ1) is 13.0. The quantitative estimate of drug-likeness (QED) is 0.694. The molecule has 1 unspecified atom stereocenters. The fourth-order valence-corrected chi connectivity index (χ4v) is 1.91. The van der Waals surface area contributed by atoms with Gasteiger partial charge in [0.1, 0.15) is 0 Å². The fraction of sp³-hybridized carbons (Fsp3) is 0.818. The van der Waals surface area contributed by atoms with E-state index >= 15 is 0 Å². The van der Waals surface area contributed by atoms with Crippen molar-refractivity contribution in [3.63, 3.8) is 0 Å². The Bertz CT molecular complexity index is 266. The van der Waals surface area contributed by atoms with Crippen LogP contribution in [0.25, 0.3) is 0 Å². The van der Waals surface area contributed by atoms with Crippen molar-refractivity contribution < 1.29 is 9.59 Å². The van der Waals surface area contributed by atoms with Gasteiger partial charge in [-0.25, -0.2) is 0 Å². The summed E-state index contributed by atoms with van der Waals surface area (Å²) < 4.78 is 0. The Kier molecular flexibility index (Phi) is 4.73. The second-order valence-corrected chi connectivity index (χ2v) is 4.47. The van der Waals surface area contributed by atoms with E-state index in [0.717, 1.165) is 12.8 Å². The summed E-state index contributed by atoms with van der Waals surface area (Å²) in [6.45, 7) is 4.68. The summed E-state index contributed by atoms with van der Waals surface area (Å²) in [5, 5.41) is 5.76. The summed E-state index contributed by atoms with van der Waals surface area (Å²) in [6.07, 6.45) is 1.81. The second kappa shape index (κ2) is 5.84. The smallest absolute Gasteiger partial charge is 0.240 e. The van der Waals surface area contributed by atoms with E-state index in [9.17, 15) is 9.59 Å². The number of hydrogen-bond donors (Lipinski definition) is 2. The average Bonchev–Trinajstić information content (AvgIpc) is 2.20. The van der Waals surface area contributed by atoms with Crippen LogP contribution in [0.1, 0.15) is 26.7 Å². The third kappa shape index (κ3) is 3.48. The predicted octanol–water partition coefficient (Wildman–Crippen LogP) is -0.279. The monoisotopic (exact) mass is 227 g/mol. The number of likely N-dealkylation sites (N-methyl/N-ethyl adjacent to an activating group) is 1. The molecule has 5 heteroatoms. The maximum absolute atomic E-state index is 11.9. The first-order chi connectivity index (χ1) is 7.54. The van der Waals surface area contributed by atoms with E-state index in [0.29, 0.717) is 6.54 Å². The Labute approximate surface area is 96.6 Å². The lowest BCUT2D eigenvalue weighted by Crippen LogP contribution is -2.52. The van der Waals surface area contributed by atoms with Crippen LogP contribution in [0.5, 0.6) is 0 Å². The predicted molar refractivity (Wildman–Crippen MR) is 61.9 cm³/mol. The lowest BCUT2D eigenvalue weighted by Gasteiger charge is -2.31. The van der Waals surface area contributed by atoms with Gasteiger partial charge in [-0.1, -0.05) is 0 Å². The highest BCUT2D eigenvalue weighted by Crippen LogP contribution is 2.10. The molecule has 1 fully saturated rings. The highest BCUT2D eigenvalue weighted by Gasteiger charge is 2.28. The summed E-state index contributed by atoms with van der Waals surface area (Å²) in [7, 11) is 1.78. The molecular formula is C11H21N3O2. The summed E-state index contributed by atoms with van der Waals surface area (Å²) >= 11 is 0. The van der Waals surface area contributed by atoms with Crippen molar-refractivity contribution in [3.8, 4) is 0 Å². The lowest BCUT2D eigenvalue weighted by molar-refractivity contribution is -0.140. The molecule has 0 saturated carbocycles. The average molecular weight is 227 g/mol. The zero-order valence-electron chi connectivity index (χ0n) is 10.2. The molecule has 1 aliphatic heterocycles. The zero-order chi connectivity index (χ0) is 12.1. The number of carbonyl (C=O) groups excluding carboxylic acids is 2. The van der Waals surface area contributed by atoms with Gasteiger partial charge in [0.15, 0.2) is 0 Å². The zero-order valence-corrected chi connectivity index (χ0v) is 10.2. The molecule has 0 aromatic rings. The van der Waals surface area contributed by atoms with Crippen molar-refractivity contribution in [2.45, 2.75) is 38.8 Å². The van der Waals surface area contributed by atoms with Gasteiger partial charge in [-0.2, -0.15) is 0 Å². The van der Waals surface area contributed by atoms with Gasteiger partial charge in [-0.3, -0.25) is 9.59 Å². The number of nitrogens with zero attached hydrogens (tertiary/aromatic N) is 1. The van der Waals surface area contributed by atoms with Gasteiger partial charge >= 0.3 is 0 Å². The van der Waals surface area contributed by atoms with Crippen LogP contribution in [0.2, 0.25) is 0 Å². The Balaban J connectivity index is 2.47. The van der Waals surface area contributed by atoms with Gasteiger partial charge in [0.2, 0.25) is 11.8 Å². The number of hydrogen-bond acceptors (Lipinski definition) is 3. The molecule has 1 atom stereocenters. The van der Waals surface area contributed by atoms with Gasteiger partial charge in [0, 0.05) is 12.6 Å². The van der Waals surface area contributed by atoms with Crippen molar-refractivity contribution in [2.75, 3.05) is 20.1 Å². The number of carbonyl (C=O) groups is 2. The van der Waals surface area contributed by atoms with Crippen LogP contribution in [0.15, 0.2) is 0 Å². The maximum atomic E-state index is 11.9. The Morgan fingerprint density at radius 3 is 2.81 bits per heavy atom. The molecule has 92 valence electrons. The minimum absolute atomic E-state index is 0.0349. The van der Waals surface area contributed by atoms with Gasteiger partial charge in [0.25, 0.3) is 0 Å². The first-order valence-corrected chi connectivity index (χ1v) is 5.80. The number of amides is 2. The Morgan fingerprint density at radius 2 is 2.25 bits per heavy atom. The molecular weight excluding hydrogens is 206 g/mol. The van der Waals surface area contributed by atoms with Crippen molar-refractivity contribution in [1.82, 2.24) is 15.5 Å². The molecule has 1 saturated heterocycles.